The van der Waals surface area contributed by atoms with Gasteiger partial charge < -0.3 is 19.1 Å². The van der Waals surface area contributed by atoms with Crippen molar-refractivity contribution < 1.29 is 27.4 Å². The first-order chi connectivity index (χ1) is 17.3. The Morgan fingerprint density at radius 1 is 1.14 bits per heavy atom. The Kier molecular flexibility index (Phi) is 5.13. The summed E-state index contributed by atoms with van der Waals surface area (Å²) < 4.78 is 57.3. The van der Waals surface area contributed by atoms with Gasteiger partial charge in [-0.3, -0.25) is 9.55 Å². The van der Waals surface area contributed by atoms with Crippen LogP contribution in [0.5, 0.6) is 23.1 Å². The molecule has 3 fully saturated rings. The van der Waals surface area contributed by atoms with Gasteiger partial charge in [0.15, 0.2) is 5.82 Å². The molecule has 4 aliphatic rings. The lowest BCUT2D eigenvalue weighted by Gasteiger charge is -2.37. The van der Waals surface area contributed by atoms with Crippen LogP contribution in [0.4, 0.5) is 19.0 Å². The number of alkyl halides is 3. The number of methoxy groups -OCH3 is 1. The van der Waals surface area contributed by atoms with Gasteiger partial charge >= 0.3 is 11.9 Å². The summed E-state index contributed by atoms with van der Waals surface area (Å²) in [6.45, 7) is 1.83. The SMILES string of the molecule is COc1c(OCCc2ccc(Oc3ccnc(C(F)(F)F)c3)cc2)nc(=O)n2c1N1CC3CC1(C3)C2. The van der Waals surface area contributed by atoms with Crippen LogP contribution in [0.3, 0.4) is 0 Å². The average Bonchev–Trinajstić information content (AvgIpc) is 3.46. The van der Waals surface area contributed by atoms with Crippen LogP contribution in [0.15, 0.2) is 47.4 Å². The standard InChI is InChI=1S/C25H23F3N4O4/c1-34-20-21(30-23(33)31-14-24-11-16(12-24)13-32(24)22(20)31)35-9-7-15-2-4-17(5-3-15)36-18-6-8-29-19(10-18)25(26,27)28/h2-6,8,10,16H,7,9,11-14H2,1H3. The number of halogens is 3. The lowest BCUT2D eigenvalue weighted by Crippen LogP contribution is -2.44. The summed E-state index contributed by atoms with van der Waals surface area (Å²) in [6.07, 6.45) is -0.771. The number of benzene rings is 1. The molecule has 1 aliphatic carbocycles. The Bertz CT molecular complexity index is 1370. The number of hydrogen-bond acceptors (Lipinski definition) is 7. The fourth-order valence-electron chi connectivity index (χ4n) is 5.59. The summed E-state index contributed by atoms with van der Waals surface area (Å²) in [6, 6.07) is 9.16. The third-order valence-corrected chi connectivity index (χ3v) is 7.15. The topological polar surface area (TPSA) is 78.7 Å². The van der Waals surface area contributed by atoms with E-state index in [1.54, 1.807) is 35.9 Å². The number of aromatic nitrogens is 3. The molecule has 11 heteroatoms. The van der Waals surface area contributed by atoms with Crippen molar-refractivity contribution in [3.8, 4) is 23.1 Å². The third kappa shape index (κ3) is 3.73. The number of ether oxygens (including phenoxy) is 3. The molecule has 2 aromatic heterocycles. The Hall–Kier alpha value is -3.76. The van der Waals surface area contributed by atoms with Crippen LogP contribution in [-0.2, 0) is 19.1 Å². The van der Waals surface area contributed by atoms with Crippen molar-refractivity contribution in [2.24, 2.45) is 5.92 Å². The predicted octanol–water partition coefficient (Wildman–Crippen LogP) is 4.06. The Morgan fingerprint density at radius 3 is 2.64 bits per heavy atom. The van der Waals surface area contributed by atoms with Gasteiger partial charge in [0.1, 0.15) is 17.2 Å². The first-order valence-corrected chi connectivity index (χ1v) is 11.7. The molecule has 36 heavy (non-hydrogen) atoms. The molecule has 2 saturated heterocycles. The fraction of sp³-hybridized carbons (Fsp3) is 0.400. The van der Waals surface area contributed by atoms with Crippen molar-refractivity contribution in [3.05, 3.63) is 64.3 Å². The van der Waals surface area contributed by atoms with E-state index in [2.05, 4.69) is 14.9 Å². The van der Waals surface area contributed by atoms with Crippen molar-refractivity contribution in [2.45, 2.75) is 37.5 Å². The zero-order valence-corrected chi connectivity index (χ0v) is 19.4. The molecule has 5 heterocycles. The van der Waals surface area contributed by atoms with Crippen LogP contribution in [-0.4, -0.2) is 40.3 Å². The lowest BCUT2D eigenvalue weighted by atomic mass is 9.74. The number of fused-ring (bicyclic) bond motifs is 1. The molecule has 1 saturated carbocycles. The molecule has 188 valence electrons. The predicted molar refractivity (Wildman–Crippen MR) is 123 cm³/mol. The fourth-order valence-corrected chi connectivity index (χ4v) is 5.59. The summed E-state index contributed by atoms with van der Waals surface area (Å²) in [5, 5.41) is 0. The normalized spacial score (nSPS) is 21.6. The lowest BCUT2D eigenvalue weighted by molar-refractivity contribution is -0.141. The molecule has 0 atom stereocenters. The molecule has 0 N–H and O–H groups in total. The zero-order valence-electron chi connectivity index (χ0n) is 19.4. The van der Waals surface area contributed by atoms with Gasteiger partial charge in [0.25, 0.3) is 5.88 Å². The zero-order chi connectivity index (χ0) is 25.1. The Labute approximate surface area is 204 Å². The molecular weight excluding hydrogens is 477 g/mol. The molecule has 1 spiro atoms. The molecular formula is C25H23F3N4O4. The van der Waals surface area contributed by atoms with Crippen LogP contribution in [0, 0.1) is 5.92 Å². The molecule has 0 unspecified atom stereocenters. The molecule has 0 radical (unpaired) electrons. The van der Waals surface area contributed by atoms with Crippen LogP contribution >= 0.6 is 0 Å². The molecule has 0 amide bonds. The van der Waals surface area contributed by atoms with Crippen LogP contribution < -0.4 is 24.8 Å². The molecule has 8 nitrogen and oxygen atoms in total. The summed E-state index contributed by atoms with van der Waals surface area (Å²) in [4.78, 5) is 22.4. The van der Waals surface area contributed by atoms with E-state index in [1.807, 2.05) is 0 Å². The van der Waals surface area contributed by atoms with Crippen molar-refractivity contribution in [2.75, 3.05) is 25.2 Å². The van der Waals surface area contributed by atoms with E-state index in [1.165, 1.54) is 6.07 Å². The monoisotopic (exact) mass is 500 g/mol. The quantitative estimate of drug-likeness (QED) is 0.484. The smallest absolute Gasteiger partial charge is 0.433 e. The van der Waals surface area contributed by atoms with E-state index < -0.39 is 11.9 Å². The second-order valence-electron chi connectivity index (χ2n) is 9.47. The number of pyridine rings is 1. The van der Waals surface area contributed by atoms with Crippen molar-refractivity contribution >= 4 is 5.82 Å². The maximum Gasteiger partial charge on any atom is 0.433 e. The molecule has 3 aromatic rings. The summed E-state index contributed by atoms with van der Waals surface area (Å²) >= 11 is 0. The first kappa shape index (κ1) is 22.7. The summed E-state index contributed by atoms with van der Waals surface area (Å²) in [5.41, 5.74) is -0.400. The second-order valence-corrected chi connectivity index (χ2v) is 9.47. The van der Waals surface area contributed by atoms with Gasteiger partial charge in [-0.2, -0.15) is 18.2 Å². The minimum absolute atomic E-state index is 0.0266. The van der Waals surface area contributed by atoms with E-state index in [-0.39, 0.29) is 29.5 Å². The molecule has 2 bridgehead atoms. The number of rotatable bonds is 7. The second kappa shape index (κ2) is 8.14. The largest absolute Gasteiger partial charge is 0.489 e. The highest BCUT2D eigenvalue weighted by Crippen LogP contribution is 2.58. The van der Waals surface area contributed by atoms with Gasteiger partial charge in [0.05, 0.1) is 25.8 Å². The minimum Gasteiger partial charge on any atom is -0.489 e. The highest BCUT2D eigenvalue weighted by atomic mass is 19.4. The van der Waals surface area contributed by atoms with Gasteiger partial charge in [-0.05, 0) is 42.5 Å². The van der Waals surface area contributed by atoms with E-state index >= 15 is 0 Å². The van der Waals surface area contributed by atoms with Crippen molar-refractivity contribution in [3.63, 3.8) is 0 Å². The van der Waals surface area contributed by atoms with Gasteiger partial charge in [-0.25, -0.2) is 4.79 Å². The Balaban J connectivity index is 1.11. The first-order valence-electron chi connectivity index (χ1n) is 11.7. The van der Waals surface area contributed by atoms with Gasteiger partial charge in [-0.1, -0.05) is 12.1 Å². The highest BCUT2D eigenvalue weighted by molar-refractivity contribution is 5.64. The molecule has 7 rings (SSSR count). The number of hydrogen-bond donors (Lipinski definition) is 0. The molecule has 1 aromatic carbocycles. The van der Waals surface area contributed by atoms with Crippen LogP contribution in [0.2, 0.25) is 0 Å². The highest BCUT2D eigenvalue weighted by Gasteiger charge is 2.61. The number of anilines is 1. The van der Waals surface area contributed by atoms with Crippen molar-refractivity contribution in [1.82, 2.24) is 14.5 Å². The van der Waals surface area contributed by atoms with Crippen LogP contribution in [0.1, 0.15) is 24.1 Å². The van der Waals surface area contributed by atoms with Gasteiger partial charge in [0.2, 0.25) is 5.75 Å². The van der Waals surface area contributed by atoms with E-state index in [9.17, 15) is 18.0 Å². The third-order valence-electron chi connectivity index (χ3n) is 7.15. The maximum atomic E-state index is 12.8. The summed E-state index contributed by atoms with van der Waals surface area (Å²) in [7, 11) is 1.56. The molecule has 3 aliphatic heterocycles. The summed E-state index contributed by atoms with van der Waals surface area (Å²) in [5.74, 6) is 2.55. The minimum atomic E-state index is -4.54. The van der Waals surface area contributed by atoms with E-state index in [0.717, 1.165) is 43.0 Å². The maximum absolute atomic E-state index is 12.8. The van der Waals surface area contributed by atoms with Gasteiger partial charge in [-0.15, -0.1) is 0 Å². The number of nitrogens with zero attached hydrogens (tertiary/aromatic N) is 4. The van der Waals surface area contributed by atoms with E-state index in [4.69, 9.17) is 14.2 Å². The van der Waals surface area contributed by atoms with Gasteiger partial charge in [0, 0.05) is 25.2 Å². The average molecular weight is 500 g/mol. The van der Waals surface area contributed by atoms with Crippen molar-refractivity contribution in [1.29, 1.82) is 0 Å². The Morgan fingerprint density at radius 2 is 1.92 bits per heavy atom. The van der Waals surface area contributed by atoms with E-state index in [0.29, 0.717) is 30.4 Å². The van der Waals surface area contributed by atoms with Crippen LogP contribution in [0.25, 0.3) is 0 Å².